The highest BCUT2D eigenvalue weighted by molar-refractivity contribution is 5.85. The average molecular weight is 178 g/mol. The zero-order valence-electron chi connectivity index (χ0n) is 6.62. The van der Waals surface area contributed by atoms with E-state index in [4.69, 9.17) is 5.11 Å². The van der Waals surface area contributed by atoms with E-state index in [1.807, 2.05) is 0 Å². The number of aliphatic hydroxyl groups is 1. The van der Waals surface area contributed by atoms with Crippen LogP contribution in [0.1, 0.15) is 25.7 Å². The van der Waals surface area contributed by atoms with Gasteiger partial charge in [0, 0.05) is 6.04 Å². The second-order valence-electron chi connectivity index (χ2n) is 3.67. The smallest absolute Gasteiger partial charge is 0.0570 e. The average Bonchev–Trinajstić information content (AvgIpc) is 2.60. The highest BCUT2D eigenvalue weighted by Crippen LogP contribution is 2.29. The van der Waals surface area contributed by atoms with Crippen LogP contribution in [0.5, 0.6) is 0 Å². The first kappa shape index (κ1) is 9.30. The Bertz CT molecular complexity index is 121. The Morgan fingerprint density at radius 2 is 1.91 bits per heavy atom. The van der Waals surface area contributed by atoms with Gasteiger partial charge in [-0.1, -0.05) is 0 Å². The molecule has 0 radical (unpaired) electrons. The van der Waals surface area contributed by atoms with Gasteiger partial charge in [0.05, 0.1) is 6.10 Å². The van der Waals surface area contributed by atoms with Crippen LogP contribution in [0, 0.1) is 5.92 Å². The fourth-order valence-corrected chi connectivity index (χ4v) is 1.41. The molecule has 0 saturated heterocycles. The molecular weight excluding hydrogens is 162 g/mol. The summed E-state index contributed by atoms with van der Waals surface area (Å²) in [6.07, 6.45) is 4.79. The molecule has 2 aliphatic rings. The third-order valence-corrected chi connectivity index (χ3v) is 2.51. The van der Waals surface area contributed by atoms with Crippen LogP contribution >= 0.6 is 12.4 Å². The summed E-state index contributed by atoms with van der Waals surface area (Å²) in [6.45, 7) is 1.19. The van der Waals surface area contributed by atoms with Gasteiger partial charge in [-0.3, -0.25) is 0 Å². The maximum Gasteiger partial charge on any atom is 0.0570 e. The van der Waals surface area contributed by atoms with Gasteiger partial charge in [-0.2, -0.15) is 0 Å². The third kappa shape index (κ3) is 2.62. The monoisotopic (exact) mass is 177 g/mol. The van der Waals surface area contributed by atoms with E-state index < -0.39 is 0 Å². The molecule has 66 valence electrons. The summed E-state index contributed by atoms with van der Waals surface area (Å²) in [4.78, 5) is 0. The molecule has 0 aromatic carbocycles. The molecule has 2 fully saturated rings. The zero-order chi connectivity index (χ0) is 6.97. The number of aliphatic hydroxyl groups excluding tert-OH is 1. The lowest BCUT2D eigenvalue weighted by Gasteiger charge is -2.32. The van der Waals surface area contributed by atoms with E-state index in [0.29, 0.717) is 6.04 Å². The van der Waals surface area contributed by atoms with Crippen LogP contribution in [0.25, 0.3) is 0 Å². The van der Waals surface area contributed by atoms with Gasteiger partial charge in [0.15, 0.2) is 0 Å². The van der Waals surface area contributed by atoms with E-state index in [1.165, 1.54) is 19.4 Å². The second-order valence-corrected chi connectivity index (χ2v) is 3.67. The normalized spacial score (nSPS) is 35.7. The van der Waals surface area contributed by atoms with Crippen molar-refractivity contribution in [1.82, 2.24) is 5.32 Å². The van der Waals surface area contributed by atoms with E-state index >= 15 is 0 Å². The molecule has 0 bridgehead atoms. The van der Waals surface area contributed by atoms with Crippen LogP contribution in [0.4, 0.5) is 0 Å². The van der Waals surface area contributed by atoms with Crippen molar-refractivity contribution in [2.45, 2.75) is 37.8 Å². The predicted molar refractivity (Wildman–Crippen MR) is 47.0 cm³/mol. The van der Waals surface area contributed by atoms with Crippen LogP contribution in [0.3, 0.4) is 0 Å². The minimum Gasteiger partial charge on any atom is -0.393 e. The molecule has 0 aliphatic heterocycles. The van der Waals surface area contributed by atoms with Crippen molar-refractivity contribution in [2.24, 2.45) is 5.92 Å². The van der Waals surface area contributed by atoms with Crippen molar-refractivity contribution in [2.75, 3.05) is 6.54 Å². The lowest BCUT2D eigenvalue weighted by Crippen LogP contribution is -2.44. The Kier molecular flexibility index (Phi) is 3.16. The maximum absolute atomic E-state index is 8.96. The van der Waals surface area contributed by atoms with E-state index in [1.54, 1.807) is 0 Å². The minimum atomic E-state index is -0.00305. The van der Waals surface area contributed by atoms with Crippen molar-refractivity contribution in [3.05, 3.63) is 0 Å². The zero-order valence-corrected chi connectivity index (χ0v) is 7.44. The fourth-order valence-electron chi connectivity index (χ4n) is 1.41. The van der Waals surface area contributed by atoms with Crippen LogP contribution in [-0.4, -0.2) is 23.8 Å². The lowest BCUT2D eigenvalue weighted by molar-refractivity contribution is 0.0623. The number of rotatable bonds is 3. The Morgan fingerprint density at radius 3 is 2.36 bits per heavy atom. The van der Waals surface area contributed by atoms with Crippen molar-refractivity contribution in [3.8, 4) is 0 Å². The molecule has 3 heteroatoms. The Labute approximate surface area is 73.8 Å². The number of nitrogens with one attached hydrogen (secondary N) is 1. The maximum atomic E-state index is 8.96. The first-order valence-electron chi connectivity index (χ1n) is 4.26. The minimum absolute atomic E-state index is 0. The summed E-state index contributed by atoms with van der Waals surface area (Å²) in [6, 6.07) is 0.635. The molecule has 0 aromatic rings. The van der Waals surface area contributed by atoms with Crippen molar-refractivity contribution < 1.29 is 5.11 Å². The van der Waals surface area contributed by atoms with E-state index in [-0.39, 0.29) is 18.5 Å². The molecule has 0 amide bonds. The quantitative estimate of drug-likeness (QED) is 0.673. The van der Waals surface area contributed by atoms with Gasteiger partial charge in [-0.05, 0) is 38.1 Å². The molecule has 0 atom stereocenters. The number of halogens is 1. The molecule has 2 aliphatic carbocycles. The molecule has 0 unspecified atom stereocenters. The molecule has 2 rings (SSSR count). The topological polar surface area (TPSA) is 32.3 Å². The SMILES string of the molecule is Cl.OC1CC(NCC2CC2)C1. The summed E-state index contributed by atoms with van der Waals surface area (Å²) in [5, 5.41) is 12.4. The second kappa shape index (κ2) is 3.74. The van der Waals surface area contributed by atoms with Gasteiger partial charge in [0.1, 0.15) is 0 Å². The summed E-state index contributed by atoms with van der Waals surface area (Å²) in [7, 11) is 0. The standard InChI is InChI=1S/C8H15NO.ClH/c10-8-3-7(4-8)9-5-6-1-2-6;/h6-10H,1-5H2;1H. The molecule has 0 aromatic heterocycles. The molecule has 2 saturated carbocycles. The highest BCUT2D eigenvalue weighted by Gasteiger charge is 2.29. The highest BCUT2D eigenvalue weighted by atomic mass is 35.5. The first-order valence-corrected chi connectivity index (χ1v) is 4.26. The first-order chi connectivity index (χ1) is 4.84. The Balaban J connectivity index is 0.000000605. The van der Waals surface area contributed by atoms with E-state index in [2.05, 4.69) is 5.32 Å². The largest absolute Gasteiger partial charge is 0.393 e. The van der Waals surface area contributed by atoms with Gasteiger partial charge < -0.3 is 10.4 Å². The van der Waals surface area contributed by atoms with Crippen LogP contribution in [0.2, 0.25) is 0 Å². The summed E-state index contributed by atoms with van der Waals surface area (Å²) >= 11 is 0. The molecule has 2 N–H and O–H groups in total. The molecule has 0 spiro atoms. The fraction of sp³-hybridized carbons (Fsp3) is 1.00. The predicted octanol–water partition coefficient (Wildman–Crippen LogP) is 0.931. The van der Waals surface area contributed by atoms with Gasteiger partial charge in [-0.15, -0.1) is 12.4 Å². The number of hydrogen-bond donors (Lipinski definition) is 2. The number of hydrogen-bond acceptors (Lipinski definition) is 2. The van der Waals surface area contributed by atoms with Crippen molar-refractivity contribution in [3.63, 3.8) is 0 Å². The van der Waals surface area contributed by atoms with Crippen LogP contribution in [-0.2, 0) is 0 Å². The van der Waals surface area contributed by atoms with Crippen molar-refractivity contribution >= 4 is 12.4 Å². The summed E-state index contributed by atoms with van der Waals surface area (Å²) in [5.74, 6) is 0.970. The Morgan fingerprint density at radius 1 is 1.27 bits per heavy atom. The molecule has 2 nitrogen and oxygen atoms in total. The third-order valence-electron chi connectivity index (χ3n) is 2.51. The summed E-state index contributed by atoms with van der Waals surface area (Å²) < 4.78 is 0. The van der Waals surface area contributed by atoms with Gasteiger partial charge in [0.25, 0.3) is 0 Å². The van der Waals surface area contributed by atoms with Gasteiger partial charge >= 0.3 is 0 Å². The van der Waals surface area contributed by atoms with Gasteiger partial charge in [-0.25, -0.2) is 0 Å². The molecule has 0 heterocycles. The molecule has 11 heavy (non-hydrogen) atoms. The van der Waals surface area contributed by atoms with Gasteiger partial charge in [0.2, 0.25) is 0 Å². The van der Waals surface area contributed by atoms with Crippen LogP contribution in [0.15, 0.2) is 0 Å². The van der Waals surface area contributed by atoms with E-state index in [9.17, 15) is 0 Å². The Hall–Kier alpha value is 0.210. The molecular formula is C8H16ClNO. The lowest BCUT2D eigenvalue weighted by atomic mass is 9.89. The van der Waals surface area contributed by atoms with E-state index in [0.717, 1.165) is 18.8 Å². The summed E-state index contributed by atoms with van der Waals surface area (Å²) in [5.41, 5.74) is 0. The van der Waals surface area contributed by atoms with Crippen LogP contribution < -0.4 is 5.32 Å². The van der Waals surface area contributed by atoms with Crippen molar-refractivity contribution in [1.29, 1.82) is 0 Å².